The largest absolute Gasteiger partial charge is 0.352 e. The maximum absolute atomic E-state index is 14.7. The smallest absolute Gasteiger partial charge is 0.264 e. The second-order valence-electron chi connectivity index (χ2n) is 10.2. The Labute approximate surface area is 237 Å². The van der Waals surface area contributed by atoms with E-state index in [1.807, 2.05) is 33.8 Å². The maximum Gasteiger partial charge on any atom is 0.264 e. The highest BCUT2D eigenvalue weighted by atomic mass is 32.2. The minimum atomic E-state index is -4.18. The lowest BCUT2D eigenvalue weighted by atomic mass is 10.1. The second-order valence-corrected chi connectivity index (χ2v) is 12.0. The van der Waals surface area contributed by atoms with Crippen LogP contribution in [-0.2, 0) is 26.2 Å². The van der Waals surface area contributed by atoms with Gasteiger partial charge < -0.3 is 10.2 Å². The van der Waals surface area contributed by atoms with Crippen molar-refractivity contribution in [2.45, 2.75) is 71.5 Å². The number of carbonyl (C=O) groups is 2. The molecule has 0 saturated heterocycles. The number of benzene rings is 3. The molecule has 3 rings (SSSR count). The van der Waals surface area contributed by atoms with Crippen molar-refractivity contribution in [1.29, 1.82) is 0 Å². The van der Waals surface area contributed by atoms with E-state index in [0.717, 1.165) is 15.4 Å². The van der Waals surface area contributed by atoms with E-state index in [1.54, 1.807) is 56.3 Å². The third-order valence-corrected chi connectivity index (χ3v) is 8.97. The predicted molar refractivity (Wildman–Crippen MR) is 156 cm³/mol. The lowest BCUT2D eigenvalue weighted by Gasteiger charge is -2.33. The number of carbonyl (C=O) groups excluding carboxylic acids is 2. The van der Waals surface area contributed by atoms with Crippen molar-refractivity contribution in [2.24, 2.45) is 0 Å². The van der Waals surface area contributed by atoms with Gasteiger partial charge in [-0.3, -0.25) is 13.9 Å². The summed E-state index contributed by atoms with van der Waals surface area (Å²) in [5.74, 6) is -1.56. The van der Waals surface area contributed by atoms with Crippen molar-refractivity contribution in [2.75, 3.05) is 10.8 Å². The second kappa shape index (κ2) is 13.1. The van der Waals surface area contributed by atoms with Crippen LogP contribution in [0.3, 0.4) is 0 Å². The van der Waals surface area contributed by atoms with Crippen molar-refractivity contribution in [3.05, 3.63) is 94.8 Å². The number of sulfonamides is 1. The van der Waals surface area contributed by atoms with Gasteiger partial charge >= 0.3 is 0 Å². The molecule has 0 heterocycles. The van der Waals surface area contributed by atoms with Gasteiger partial charge in [-0.05, 0) is 76.4 Å². The van der Waals surface area contributed by atoms with E-state index in [9.17, 15) is 22.4 Å². The Morgan fingerprint density at radius 3 is 2.20 bits per heavy atom. The number of rotatable bonds is 11. The van der Waals surface area contributed by atoms with Crippen LogP contribution in [0.4, 0.5) is 10.1 Å². The minimum Gasteiger partial charge on any atom is -0.352 e. The molecule has 3 aromatic rings. The molecule has 0 bridgehead atoms. The van der Waals surface area contributed by atoms with Crippen LogP contribution < -0.4 is 9.62 Å². The highest BCUT2D eigenvalue weighted by Crippen LogP contribution is 2.29. The summed E-state index contributed by atoms with van der Waals surface area (Å²) >= 11 is 0. The van der Waals surface area contributed by atoms with Gasteiger partial charge in [0.15, 0.2) is 0 Å². The number of aryl methyl sites for hydroxylation is 2. The number of amides is 2. The Morgan fingerprint density at radius 2 is 1.57 bits per heavy atom. The van der Waals surface area contributed by atoms with Gasteiger partial charge in [0.2, 0.25) is 11.8 Å². The molecule has 9 heteroatoms. The van der Waals surface area contributed by atoms with E-state index < -0.39 is 40.2 Å². The van der Waals surface area contributed by atoms with Crippen LogP contribution in [0.2, 0.25) is 0 Å². The Morgan fingerprint density at radius 1 is 0.925 bits per heavy atom. The summed E-state index contributed by atoms with van der Waals surface area (Å²) in [5, 5.41) is 2.87. The maximum atomic E-state index is 14.7. The zero-order chi connectivity index (χ0) is 29.6. The minimum absolute atomic E-state index is 0.0371. The highest BCUT2D eigenvalue weighted by molar-refractivity contribution is 7.92. The van der Waals surface area contributed by atoms with Crippen molar-refractivity contribution < 1.29 is 22.4 Å². The fourth-order valence-electron chi connectivity index (χ4n) is 4.21. The Bertz CT molecular complexity index is 1460. The third-order valence-electron chi connectivity index (χ3n) is 7.20. The summed E-state index contributed by atoms with van der Waals surface area (Å²) in [7, 11) is -4.18. The summed E-state index contributed by atoms with van der Waals surface area (Å²) in [4.78, 5) is 28.4. The number of anilines is 1. The van der Waals surface area contributed by atoms with Gasteiger partial charge in [-0.25, -0.2) is 12.8 Å². The summed E-state index contributed by atoms with van der Waals surface area (Å²) in [6.45, 7) is 10.1. The van der Waals surface area contributed by atoms with Gasteiger partial charge in [0.25, 0.3) is 10.0 Å². The zero-order valence-corrected chi connectivity index (χ0v) is 24.8. The number of hydrogen-bond donors (Lipinski definition) is 1. The molecule has 0 radical (unpaired) electrons. The lowest BCUT2D eigenvalue weighted by molar-refractivity contribution is -0.139. The zero-order valence-electron chi connectivity index (χ0n) is 23.9. The number of hydrogen-bond acceptors (Lipinski definition) is 4. The first-order valence-corrected chi connectivity index (χ1v) is 14.8. The number of nitrogens with zero attached hydrogens (tertiary/aromatic N) is 2. The fourth-order valence-corrected chi connectivity index (χ4v) is 5.69. The van der Waals surface area contributed by atoms with Gasteiger partial charge in [0, 0.05) is 18.2 Å². The van der Waals surface area contributed by atoms with Crippen molar-refractivity contribution >= 4 is 27.5 Å². The van der Waals surface area contributed by atoms with E-state index in [1.165, 1.54) is 23.1 Å². The summed E-state index contributed by atoms with van der Waals surface area (Å²) in [5.41, 5.74) is 3.04. The average molecular weight is 568 g/mol. The first-order valence-electron chi connectivity index (χ1n) is 13.4. The monoisotopic (exact) mass is 567 g/mol. The molecular formula is C31H38FN3O4S. The molecule has 0 aromatic heterocycles. The molecule has 7 nitrogen and oxygen atoms in total. The van der Waals surface area contributed by atoms with Crippen LogP contribution in [-0.4, -0.2) is 43.8 Å². The van der Waals surface area contributed by atoms with Gasteiger partial charge in [-0.15, -0.1) is 0 Å². The van der Waals surface area contributed by atoms with E-state index in [2.05, 4.69) is 5.32 Å². The van der Waals surface area contributed by atoms with Gasteiger partial charge in [0.1, 0.15) is 18.4 Å². The standard InChI is InChI=1S/C31H38FN3O4S/c1-7-23(4)33-31(37)25(6)34(19-26-12-8-9-13-28(26)32)30(36)20-35(29-14-10-11-22(3)24(29)5)40(38,39)27-17-15-21(2)16-18-27/h8-18,23,25H,7,19-20H2,1-6H3,(H,33,37)/t23-,25+/m1/s1. The molecule has 1 N–H and O–H groups in total. The topological polar surface area (TPSA) is 86.8 Å². The molecular weight excluding hydrogens is 529 g/mol. The molecule has 0 fully saturated rings. The van der Waals surface area contributed by atoms with Crippen LogP contribution in [0.15, 0.2) is 71.6 Å². The number of halogens is 1. The summed E-state index contributed by atoms with van der Waals surface area (Å²) in [6.07, 6.45) is 0.689. The van der Waals surface area contributed by atoms with Crippen LogP contribution in [0.5, 0.6) is 0 Å². The molecule has 0 spiro atoms. The van der Waals surface area contributed by atoms with Gasteiger partial charge in [-0.1, -0.05) is 55.0 Å². The molecule has 0 unspecified atom stereocenters. The van der Waals surface area contributed by atoms with Crippen molar-refractivity contribution in [1.82, 2.24) is 10.2 Å². The molecule has 2 amide bonds. The normalized spacial score (nSPS) is 12.9. The summed E-state index contributed by atoms with van der Waals surface area (Å²) in [6, 6.07) is 16.6. The number of nitrogens with one attached hydrogen (secondary N) is 1. The Hall–Kier alpha value is -3.72. The molecule has 214 valence electrons. The molecule has 40 heavy (non-hydrogen) atoms. The summed E-state index contributed by atoms with van der Waals surface area (Å²) < 4.78 is 43.7. The van der Waals surface area contributed by atoms with Crippen LogP contribution in [0, 0.1) is 26.6 Å². The molecule has 0 aliphatic heterocycles. The molecule has 0 aliphatic carbocycles. The predicted octanol–water partition coefficient (Wildman–Crippen LogP) is 5.28. The van der Waals surface area contributed by atoms with Crippen molar-refractivity contribution in [3.8, 4) is 0 Å². The van der Waals surface area contributed by atoms with Crippen LogP contribution in [0.25, 0.3) is 0 Å². The Kier molecular flexibility index (Phi) is 10.1. The van der Waals surface area contributed by atoms with E-state index in [-0.39, 0.29) is 23.0 Å². The third kappa shape index (κ3) is 7.07. The Balaban J connectivity index is 2.08. The van der Waals surface area contributed by atoms with E-state index in [0.29, 0.717) is 17.7 Å². The van der Waals surface area contributed by atoms with Crippen LogP contribution >= 0.6 is 0 Å². The van der Waals surface area contributed by atoms with Gasteiger partial charge in [0.05, 0.1) is 10.6 Å². The quantitative estimate of drug-likeness (QED) is 0.342. The van der Waals surface area contributed by atoms with Crippen LogP contribution in [0.1, 0.15) is 49.4 Å². The average Bonchev–Trinajstić information content (AvgIpc) is 2.92. The van der Waals surface area contributed by atoms with E-state index >= 15 is 0 Å². The lowest BCUT2D eigenvalue weighted by Crippen LogP contribution is -2.52. The molecule has 2 atom stereocenters. The van der Waals surface area contributed by atoms with E-state index in [4.69, 9.17) is 0 Å². The molecule has 3 aromatic carbocycles. The first kappa shape index (κ1) is 30.8. The van der Waals surface area contributed by atoms with Gasteiger partial charge in [-0.2, -0.15) is 0 Å². The van der Waals surface area contributed by atoms with Crippen molar-refractivity contribution in [3.63, 3.8) is 0 Å². The first-order chi connectivity index (χ1) is 18.9. The fraction of sp³-hybridized carbons (Fsp3) is 0.355. The molecule has 0 saturated carbocycles. The SMILES string of the molecule is CC[C@@H](C)NC(=O)[C@H](C)N(Cc1ccccc1F)C(=O)CN(c1cccc(C)c1C)S(=O)(=O)c1ccc(C)cc1. The molecule has 0 aliphatic rings. The highest BCUT2D eigenvalue weighted by Gasteiger charge is 2.33.